The average molecular weight is 1030 g/mol. The minimum atomic E-state index is -1.00. The first-order valence-electron chi connectivity index (χ1n) is 28.6. The topological polar surface area (TPSA) is 88.1 Å². The molecular formula is C71H70N2O5. The SMILES string of the molecule is CCCCCC1CCC(c2ccc(C(=O)Nc3ccc(-c4ccc(N5Cc6c(c(C)cc7c6-c6c(c8c(c9ccccc69)OC(c6ccc(O)cc6)(c6ccc(OCCCC)cc6)C=C8)C7(C)C)C5=O)cc4)cc3)cc2)CC1. The second-order valence-corrected chi connectivity index (χ2v) is 22.9. The highest BCUT2D eigenvalue weighted by atomic mass is 16.5. The number of nitrogens with one attached hydrogen (secondary N) is 1. The van der Waals surface area contributed by atoms with E-state index in [1.54, 1.807) is 12.1 Å². The quantitative estimate of drug-likeness (QED) is 0.0999. The number of nitrogens with zero attached hydrogens (tertiary/aromatic N) is 1. The van der Waals surface area contributed by atoms with Crippen molar-refractivity contribution in [3.05, 3.63) is 213 Å². The van der Waals surface area contributed by atoms with Crippen LogP contribution in [0, 0.1) is 12.8 Å². The van der Waals surface area contributed by atoms with Gasteiger partial charge in [0.1, 0.15) is 17.2 Å². The largest absolute Gasteiger partial charge is 0.508 e. The molecule has 7 heteroatoms. The first-order valence-corrected chi connectivity index (χ1v) is 28.6. The maximum Gasteiger partial charge on any atom is 0.259 e. The zero-order valence-electron chi connectivity index (χ0n) is 45.8. The van der Waals surface area contributed by atoms with Crippen LogP contribution in [0.3, 0.4) is 0 Å². The summed E-state index contributed by atoms with van der Waals surface area (Å²) >= 11 is 0. The molecule has 12 rings (SSSR count). The molecule has 2 heterocycles. The lowest BCUT2D eigenvalue weighted by atomic mass is 9.76. The highest BCUT2D eigenvalue weighted by Crippen LogP contribution is 2.60. The van der Waals surface area contributed by atoms with Gasteiger partial charge in [0.2, 0.25) is 0 Å². The molecule has 2 aliphatic heterocycles. The molecule has 394 valence electrons. The molecule has 0 radical (unpaired) electrons. The maximum atomic E-state index is 14.8. The number of hydrogen-bond acceptors (Lipinski definition) is 5. The monoisotopic (exact) mass is 1030 g/mol. The number of fused-ring (bicyclic) bond motifs is 10. The Kier molecular flexibility index (Phi) is 13.6. The Morgan fingerprint density at radius 2 is 1.38 bits per heavy atom. The number of phenolic OH excluding ortho intramolecular Hbond substituents is 1. The van der Waals surface area contributed by atoms with Gasteiger partial charge in [0.05, 0.1) is 13.2 Å². The highest BCUT2D eigenvalue weighted by molar-refractivity contribution is 6.16. The number of phenols is 1. The molecule has 0 aromatic heterocycles. The Balaban J connectivity index is 0.796. The lowest BCUT2D eigenvalue weighted by Crippen LogP contribution is -2.35. The van der Waals surface area contributed by atoms with E-state index in [0.717, 1.165) is 108 Å². The van der Waals surface area contributed by atoms with E-state index in [1.807, 2.05) is 77.7 Å². The molecular weight excluding hydrogens is 961 g/mol. The summed E-state index contributed by atoms with van der Waals surface area (Å²) in [6.07, 6.45) is 16.9. The predicted octanol–water partition coefficient (Wildman–Crippen LogP) is 17.6. The summed E-state index contributed by atoms with van der Waals surface area (Å²) in [6.45, 7) is 12.2. The summed E-state index contributed by atoms with van der Waals surface area (Å²) in [5.74, 6) is 3.17. The van der Waals surface area contributed by atoms with Gasteiger partial charge in [-0.05, 0) is 173 Å². The molecule has 4 aliphatic rings. The number of unbranched alkanes of at least 4 members (excludes halogenated alkanes) is 3. The molecule has 0 bridgehead atoms. The minimum Gasteiger partial charge on any atom is -0.508 e. The second kappa shape index (κ2) is 20.8. The van der Waals surface area contributed by atoms with E-state index < -0.39 is 11.0 Å². The first kappa shape index (κ1) is 50.9. The summed E-state index contributed by atoms with van der Waals surface area (Å²) in [4.78, 5) is 30.1. The Labute approximate surface area is 460 Å². The van der Waals surface area contributed by atoms with Crippen LogP contribution in [0.25, 0.3) is 39.1 Å². The maximum absolute atomic E-state index is 14.8. The molecule has 0 spiro atoms. The van der Waals surface area contributed by atoms with Gasteiger partial charge in [0.15, 0.2) is 5.60 Å². The van der Waals surface area contributed by atoms with E-state index in [0.29, 0.717) is 24.6 Å². The van der Waals surface area contributed by atoms with Crippen LogP contribution in [0.1, 0.15) is 163 Å². The minimum absolute atomic E-state index is 0.00490. The van der Waals surface area contributed by atoms with Crippen molar-refractivity contribution in [2.45, 2.75) is 122 Å². The molecule has 0 saturated heterocycles. The van der Waals surface area contributed by atoms with Crippen LogP contribution in [-0.2, 0) is 17.6 Å². The fraction of sp³-hybridized carbons (Fsp3) is 0.296. The van der Waals surface area contributed by atoms with Crippen LogP contribution in [0.4, 0.5) is 11.4 Å². The number of aromatic hydroxyl groups is 1. The molecule has 8 aromatic rings. The fourth-order valence-corrected chi connectivity index (χ4v) is 13.3. The molecule has 1 fully saturated rings. The third kappa shape index (κ3) is 9.05. The molecule has 1 saturated carbocycles. The van der Waals surface area contributed by atoms with Crippen molar-refractivity contribution in [3.8, 4) is 39.5 Å². The van der Waals surface area contributed by atoms with E-state index in [-0.39, 0.29) is 17.6 Å². The number of aryl methyl sites for hydroxylation is 1. The van der Waals surface area contributed by atoms with Gasteiger partial charge in [-0.3, -0.25) is 9.59 Å². The number of rotatable bonds is 15. The van der Waals surface area contributed by atoms with Crippen molar-refractivity contribution in [2.75, 3.05) is 16.8 Å². The van der Waals surface area contributed by atoms with E-state index in [1.165, 1.54) is 68.1 Å². The fourth-order valence-electron chi connectivity index (χ4n) is 13.3. The molecule has 1 atom stereocenters. The number of ether oxygens (including phenoxy) is 2. The van der Waals surface area contributed by atoms with Crippen molar-refractivity contribution >= 4 is 40.0 Å². The van der Waals surface area contributed by atoms with Crippen LogP contribution in [0.15, 0.2) is 158 Å². The number of amides is 2. The van der Waals surface area contributed by atoms with Gasteiger partial charge in [-0.1, -0.05) is 157 Å². The molecule has 2 aliphatic carbocycles. The third-order valence-electron chi connectivity index (χ3n) is 17.6. The Morgan fingerprint density at radius 1 is 0.731 bits per heavy atom. The van der Waals surface area contributed by atoms with Crippen molar-refractivity contribution < 1.29 is 24.2 Å². The van der Waals surface area contributed by atoms with Crippen LogP contribution in [0.2, 0.25) is 0 Å². The number of carbonyl (C=O) groups excluding carboxylic acids is 2. The smallest absolute Gasteiger partial charge is 0.259 e. The van der Waals surface area contributed by atoms with Gasteiger partial charge in [-0.25, -0.2) is 0 Å². The summed E-state index contributed by atoms with van der Waals surface area (Å²) < 4.78 is 13.6. The predicted molar refractivity (Wildman–Crippen MR) is 317 cm³/mol. The van der Waals surface area contributed by atoms with E-state index in [9.17, 15) is 14.7 Å². The lowest BCUT2D eigenvalue weighted by Gasteiger charge is -2.38. The van der Waals surface area contributed by atoms with Crippen LogP contribution >= 0.6 is 0 Å². The Hall–Kier alpha value is -7.90. The van der Waals surface area contributed by atoms with Gasteiger partial charge >= 0.3 is 0 Å². The standard InChI is InChI=1S/C71H70N2O5/c1-6-8-10-13-46-16-18-47(19-17-46)48-20-22-51(23-21-48)68(75)72-54-32-24-49(25-33-54)50-26-34-55(35-27-50)73-44-61-63(69(73)76)45(3)43-62-64(61)65-58-14-11-12-15-59(58)67-60(66(65)70(62,4)5)40-41-71(78-67,52-28-36-56(74)37-29-52)53-30-38-57(39-31-53)77-42-9-7-2/h11-12,14-15,20-41,43,46-47,74H,6-10,13,16-19,42,44H2,1-5H3,(H,72,75). The summed E-state index contributed by atoms with van der Waals surface area (Å²) in [5.41, 5.74) is 14.6. The lowest BCUT2D eigenvalue weighted by molar-refractivity contribution is 0.0994. The first-order chi connectivity index (χ1) is 37.9. The van der Waals surface area contributed by atoms with Gasteiger partial charge < -0.3 is 24.8 Å². The Morgan fingerprint density at radius 3 is 2.06 bits per heavy atom. The summed E-state index contributed by atoms with van der Waals surface area (Å²) in [5, 5.41) is 15.6. The molecule has 2 amide bonds. The van der Waals surface area contributed by atoms with Crippen LogP contribution in [-0.4, -0.2) is 23.5 Å². The number of anilines is 2. The van der Waals surface area contributed by atoms with Gasteiger partial charge in [-0.2, -0.15) is 0 Å². The van der Waals surface area contributed by atoms with Gasteiger partial charge in [0, 0.05) is 50.0 Å². The van der Waals surface area contributed by atoms with Gasteiger partial charge in [0.25, 0.3) is 11.8 Å². The van der Waals surface area contributed by atoms with E-state index in [2.05, 4.69) is 119 Å². The van der Waals surface area contributed by atoms with Crippen molar-refractivity contribution in [3.63, 3.8) is 0 Å². The molecule has 1 unspecified atom stereocenters. The average Bonchev–Trinajstić information content (AvgIpc) is 3.75. The van der Waals surface area contributed by atoms with Crippen molar-refractivity contribution in [2.24, 2.45) is 5.92 Å². The highest BCUT2D eigenvalue weighted by Gasteiger charge is 2.47. The molecule has 78 heavy (non-hydrogen) atoms. The normalized spacial score (nSPS) is 18.7. The van der Waals surface area contributed by atoms with Crippen molar-refractivity contribution in [1.82, 2.24) is 0 Å². The van der Waals surface area contributed by atoms with E-state index in [4.69, 9.17) is 9.47 Å². The summed E-state index contributed by atoms with van der Waals surface area (Å²) in [6, 6.07) is 50.8. The second-order valence-electron chi connectivity index (χ2n) is 22.9. The summed E-state index contributed by atoms with van der Waals surface area (Å²) in [7, 11) is 0. The number of hydrogen-bond donors (Lipinski definition) is 2. The van der Waals surface area contributed by atoms with Crippen molar-refractivity contribution in [1.29, 1.82) is 0 Å². The number of benzene rings is 8. The number of carbonyl (C=O) groups is 2. The van der Waals surface area contributed by atoms with Crippen LogP contribution < -0.4 is 19.7 Å². The van der Waals surface area contributed by atoms with Crippen LogP contribution in [0.5, 0.6) is 17.2 Å². The third-order valence-corrected chi connectivity index (χ3v) is 17.6. The Bertz CT molecular complexity index is 3590. The molecule has 8 aromatic carbocycles. The zero-order valence-corrected chi connectivity index (χ0v) is 45.8. The molecule has 2 N–H and O–H groups in total. The molecule has 7 nitrogen and oxygen atoms in total. The zero-order chi connectivity index (χ0) is 53.7. The van der Waals surface area contributed by atoms with Gasteiger partial charge in [-0.15, -0.1) is 0 Å². The van der Waals surface area contributed by atoms with E-state index >= 15 is 0 Å².